The fourth-order valence-electron chi connectivity index (χ4n) is 2.00. The van der Waals surface area contributed by atoms with E-state index in [1.54, 1.807) is 0 Å². The maximum absolute atomic E-state index is 14.6. The number of pyridine rings is 1. The maximum Gasteiger partial charge on any atom is 0.295 e. The van der Waals surface area contributed by atoms with E-state index < -0.39 is 11.7 Å². The number of nitrogens with zero attached hydrogens (tertiary/aromatic N) is 1. The summed E-state index contributed by atoms with van der Waals surface area (Å²) < 4.78 is 19.5. The van der Waals surface area contributed by atoms with Gasteiger partial charge in [-0.15, -0.1) is 0 Å². The number of rotatable bonds is 6. The molecule has 0 radical (unpaired) electrons. The number of nitrogen functional groups attached to an aromatic ring is 1. The number of aromatic nitrogens is 1. The predicted molar refractivity (Wildman–Crippen MR) is 99.0 cm³/mol. The molecule has 0 aliphatic rings. The van der Waals surface area contributed by atoms with Crippen LogP contribution in [0.5, 0.6) is 5.75 Å². The summed E-state index contributed by atoms with van der Waals surface area (Å²) in [5.41, 5.74) is 9.10. The highest BCUT2D eigenvalue weighted by molar-refractivity contribution is 6.36. The number of hydrogen-bond donors (Lipinski definition) is 2. The first-order valence-electron chi connectivity index (χ1n) is 7.06. The van der Waals surface area contributed by atoms with Crippen LogP contribution in [-0.4, -0.2) is 24.6 Å². The van der Waals surface area contributed by atoms with Gasteiger partial charge in [0.2, 0.25) is 0 Å². The van der Waals surface area contributed by atoms with Crippen molar-refractivity contribution in [1.82, 2.24) is 10.5 Å². The van der Waals surface area contributed by atoms with Gasteiger partial charge in [0.15, 0.2) is 17.3 Å². The van der Waals surface area contributed by atoms with Crippen molar-refractivity contribution < 1.29 is 18.8 Å². The van der Waals surface area contributed by atoms with E-state index in [4.69, 9.17) is 50.1 Å². The Hall–Kier alpha value is -2.06. The van der Waals surface area contributed by atoms with Gasteiger partial charge in [0.05, 0.1) is 35.1 Å². The fourth-order valence-corrected chi connectivity index (χ4v) is 2.47. The van der Waals surface area contributed by atoms with Crippen molar-refractivity contribution in [1.29, 1.82) is 0 Å². The van der Waals surface area contributed by atoms with Crippen LogP contribution in [-0.2, 0) is 4.84 Å². The van der Waals surface area contributed by atoms with E-state index >= 15 is 0 Å². The Balaban J connectivity index is 2.44. The summed E-state index contributed by atoms with van der Waals surface area (Å²) in [5, 5.41) is -0.00142. The van der Waals surface area contributed by atoms with E-state index in [1.165, 1.54) is 36.9 Å². The van der Waals surface area contributed by atoms with Crippen molar-refractivity contribution in [2.45, 2.75) is 0 Å². The Labute approximate surface area is 163 Å². The molecule has 10 heteroatoms. The first kappa shape index (κ1) is 20.3. The summed E-state index contributed by atoms with van der Waals surface area (Å²) in [4.78, 5) is 21.2. The molecular weight excluding hydrogens is 408 g/mol. The number of carbonyl (C=O) groups excluding carboxylic acids is 1. The number of carbonyl (C=O) groups is 1. The fraction of sp³-hybridized carbons (Fsp3) is 0.125. The number of ether oxygens (including phenoxy) is 1. The van der Waals surface area contributed by atoms with Gasteiger partial charge < -0.3 is 10.5 Å². The highest BCUT2D eigenvalue weighted by Gasteiger charge is 2.21. The molecule has 0 atom stereocenters. The minimum Gasteiger partial charge on any atom is -0.492 e. The maximum atomic E-state index is 14.6. The summed E-state index contributed by atoms with van der Waals surface area (Å²) in [6.07, 6.45) is 1.46. The zero-order valence-electron chi connectivity index (χ0n) is 13.4. The first-order chi connectivity index (χ1) is 12.4. The van der Waals surface area contributed by atoms with E-state index in [1.807, 2.05) is 0 Å². The third kappa shape index (κ3) is 4.37. The largest absolute Gasteiger partial charge is 0.492 e. The number of halogens is 4. The summed E-state index contributed by atoms with van der Waals surface area (Å²) in [6.45, 7) is 0.0328. The molecule has 26 heavy (non-hydrogen) atoms. The van der Waals surface area contributed by atoms with Crippen LogP contribution >= 0.6 is 34.8 Å². The Bertz CT molecular complexity index is 862. The topological polar surface area (TPSA) is 86.5 Å². The van der Waals surface area contributed by atoms with Crippen LogP contribution in [0.1, 0.15) is 10.5 Å². The minimum atomic E-state index is -0.757. The molecule has 0 saturated heterocycles. The van der Waals surface area contributed by atoms with E-state index in [9.17, 15) is 9.18 Å². The van der Waals surface area contributed by atoms with Gasteiger partial charge in [0.25, 0.3) is 5.91 Å². The summed E-state index contributed by atoms with van der Waals surface area (Å²) in [5.74, 6) is -1.65. The molecule has 0 aliphatic heterocycles. The Morgan fingerprint density at radius 3 is 2.81 bits per heavy atom. The lowest BCUT2D eigenvalue weighted by Crippen LogP contribution is -2.25. The monoisotopic (exact) mass is 419 g/mol. The molecule has 0 bridgehead atoms. The molecular formula is C16H13Cl3FN3O3. The number of hydrogen-bond acceptors (Lipinski definition) is 5. The molecule has 1 heterocycles. The average molecular weight is 421 g/mol. The van der Waals surface area contributed by atoms with Crippen molar-refractivity contribution in [2.24, 2.45) is 0 Å². The van der Waals surface area contributed by atoms with Gasteiger partial charge in [-0.05, 0) is 24.3 Å². The zero-order valence-corrected chi connectivity index (χ0v) is 15.6. The summed E-state index contributed by atoms with van der Waals surface area (Å²) in [6, 6.07) is 4.16. The third-order valence-corrected chi connectivity index (χ3v) is 4.04. The highest BCUT2D eigenvalue weighted by Crippen LogP contribution is 2.36. The second-order valence-electron chi connectivity index (χ2n) is 4.81. The normalized spacial score (nSPS) is 11.0. The number of amides is 1. The molecule has 138 valence electrons. The quantitative estimate of drug-likeness (QED) is 0.540. The molecule has 0 saturated carbocycles. The van der Waals surface area contributed by atoms with Gasteiger partial charge in [0, 0.05) is 11.1 Å². The molecule has 1 aromatic carbocycles. The second kappa shape index (κ2) is 9.05. The number of methoxy groups -OCH3 is 1. The van der Waals surface area contributed by atoms with Crippen molar-refractivity contribution in [3.63, 3.8) is 0 Å². The predicted octanol–water partition coefficient (Wildman–Crippen LogP) is 4.20. The van der Waals surface area contributed by atoms with Crippen LogP contribution in [0.15, 0.2) is 29.8 Å². The van der Waals surface area contributed by atoms with Crippen LogP contribution in [0.3, 0.4) is 0 Å². The minimum absolute atomic E-state index is 0.0328. The SMILES string of the molecule is COc1c(Cl)ccc(-c2cc(N)c(Cl)c(C(=O)NOCC=CCl)n2)c1F. The van der Waals surface area contributed by atoms with Crippen molar-refractivity contribution in [3.8, 4) is 17.0 Å². The van der Waals surface area contributed by atoms with Gasteiger partial charge in [-0.1, -0.05) is 34.8 Å². The molecule has 2 rings (SSSR count). The molecule has 0 spiro atoms. The van der Waals surface area contributed by atoms with Crippen LogP contribution in [0, 0.1) is 5.82 Å². The molecule has 3 N–H and O–H groups in total. The Morgan fingerprint density at radius 2 is 2.15 bits per heavy atom. The number of benzene rings is 1. The van der Waals surface area contributed by atoms with Gasteiger partial charge >= 0.3 is 0 Å². The van der Waals surface area contributed by atoms with Crippen molar-refractivity contribution in [2.75, 3.05) is 19.5 Å². The average Bonchev–Trinajstić information content (AvgIpc) is 2.61. The molecule has 6 nitrogen and oxygen atoms in total. The van der Waals surface area contributed by atoms with Gasteiger partial charge in [0.1, 0.15) is 0 Å². The van der Waals surface area contributed by atoms with E-state index in [-0.39, 0.29) is 45.0 Å². The van der Waals surface area contributed by atoms with Crippen molar-refractivity contribution >= 4 is 46.4 Å². The first-order valence-corrected chi connectivity index (χ1v) is 8.25. The standard InChI is InChI=1S/C16H13Cl3FN3O3/c1-25-15-9(18)4-3-8(13(15)20)11-7-10(21)12(19)14(22-11)16(24)23-26-6-2-5-17/h2-5,7H,6H2,1H3,(H2,21,22)(H,23,24). The van der Waals surface area contributed by atoms with E-state index in [2.05, 4.69) is 10.5 Å². The van der Waals surface area contributed by atoms with E-state index in [0.29, 0.717) is 0 Å². The van der Waals surface area contributed by atoms with Gasteiger partial charge in [-0.2, -0.15) is 0 Å². The lowest BCUT2D eigenvalue weighted by Gasteiger charge is -2.12. The summed E-state index contributed by atoms with van der Waals surface area (Å²) in [7, 11) is 1.28. The highest BCUT2D eigenvalue weighted by atomic mass is 35.5. The zero-order chi connectivity index (χ0) is 19.3. The third-order valence-electron chi connectivity index (χ3n) is 3.16. The molecule has 0 aliphatic carbocycles. The smallest absolute Gasteiger partial charge is 0.295 e. The molecule has 0 unspecified atom stereocenters. The van der Waals surface area contributed by atoms with Crippen LogP contribution in [0.2, 0.25) is 10.0 Å². The number of hydroxylamine groups is 1. The number of anilines is 1. The van der Waals surface area contributed by atoms with Crippen molar-refractivity contribution in [3.05, 3.63) is 51.4 Å². The molecule has 0 fully saturated rings. The lowest BCUT2D eigenvalue weighted by molar-refractivity contribution is 0.0417. The van der Waals surface area contributed by atoms with Crippen LogP contribution < -0.4 is 16.0 Å². The van der Waals surface area contributed by atoms with Crippen LogP contribution in [0.4, 0.5) is 10.1 Å². The number of nitrogens with two attached hydrogens (primary N) is 1. The summed E-state index contributed by atoms with van der Waals surface area (Å²) >= 11 is 17.3. The van der Waals surface area contributed by atoms with Crippen LogP contribution in [0.25, 0.3) is 11.3 Å². The second-order valence-corrected chi connectivity index (χ2v) is 5.84. The van der Waals surface area contributed by atoms with Gasteiger partial charge in [-0.3, -0.25) is 9.63 Å². The molecule has 1 aromatic heterocycles. The lowest BCUT2D eigenvalue weighted by atomic mass is 10.1. The van der Waals surface area contributed by atoms with E-state index in [0.717, 1.165) is 0 Å². The van der Waals surface area contributed by atoms with Gasteiger partial charge in [-0.25, -0.2) is 14.9 Å². The molecule has 2 aromatic rings. The number of nitrogens with one attached hydrogen (secondary N) is 1. The Kier molecular flexibility index (Phi) is 7.05. The Morgan fingerprint density at radius 1 is 1.42 bits per heavy atom. The molecule has 1 amide bonds.